The van der Waals surface area contributed by atoms with Gasteiger partial charge >= 0.3 is 0 Å². The summed E-state index contributed by atoms with van der Waals surface area (Å²) in [5.41, 5.74) is 4.17. The normalized spacial score (nSPS) is 10.8. The highest BCUT2D eigenvalue weighted by Crippen LogP contribution is 2.22. The van der Waals surface area contributed by atoms with Crippen LogP contribution in [-0.2, 0) is 5.75 Å². The van der Waals surface area contributed by atoms with Crippen molar-refractivity contribution in [2.45, 2.75) is 32.4 Å². The van der Waals surface area contributed by atoms with Crippen molar-refractivity contribution in [2.24, 2.45) is 0 Å². The number of thioether (sulfide) groups is 1. The molecular weight excluding hydrogens is 178 g/mol. The van der Waals surface area contributed by atoms with Crippen molar-refractivity contribution in [1.29, 1.82) is 0 Å². The fourth-order valence-electron chi connectivity index (χ4n) is 1.47. The standard InChI is InChI=1S/C11H17NS/c1-8(2)11-6-12-5-10(7-13-4)9(11)3/h5-6,8H,7H2,1-4H3. The van der Waals surface area contributed by atoms with E-state index in [1.807, 2.05) is 24.2 Å². The molecule has 1 aromatic heterocycles. The molecule has 0 saturated heterocycles. The average molecular weight is 195 g/mol. The summed E-state index contributed by atoms with van der Waals surface area (Å²) >= 11 is 1.85. The van der Waals surface area contributed by atoms with Crippen LogP contribution in [0.2, 0.25) is 0 Å². The number of hydrogen-bond acceptors (Lipinski definition) is 2. The Labute approximate surface area is 85.0 Å². The molecule has 1 nitrogen and oxygen atoms in total. The summed E-state index contributed by atoms with van der Waals surface area (Å²) < 4.78 is 0. The fourth-order valence-corrected chi connectivity index (χ4v) is 2.07. The second-order valence-electron chi connectivity index (χ2n) is 3.60. The van der Waals surface area contributed by atoms with E-state index in [0.29, 0.717) is 5.92 Å². The quantitative estimate of drug-likeness (QED) is 0.733. The predicted octanol–water partition coefficient (Wildman–Crippen LogP) is 3.38. The molecule has 2 heteroatoms. The summed E-state index contributed by atoms with van der Waals surface area (Å²) in [5, 5.41) is 0. The van der Waals surface area contributed by atoms with E-state index < -0.39 is 0 Å². The molecule has 13 heavy (non-hydrogen) atoms. The van der Waals surface area contributed by atoms with E-state index in [0.717, 1.165) is 5.75 Å². The monoisotopic (exact) mass is 195 g/mol. The van der Waals surface area contributed by atoms with Crippen molar-refractivity contribution in [3.8, 4) is 0 Å². The minimum absolute atomic E-state index is 0.578. The molecule has 0 aliphatic heterocycles. The Bertz CT molecular complexity index is 281. The molecule has 0 bridgehead atoms. The molecule has 72 valence electrons. The molecule has 0 saturated carbocycles. The van der Waals surface area contributed by atoms with Crippen molar-refractivity contribution in [2.75, 3.05) is 6.26 Å². The van der Waals surface area contributed by atoms with Crippen molar-refractivity contribution < 1.29 is 0 Å². The van der Waals surface area contributed by atoms with Gasteiger partial charge in [-0.25, -0.2) is 0 Å². The molecule has 0 N–H and O–H groups in total. The first-order valence-corrected chi connectivity index (χ1v) is 5.98. The highest BCUT2D eigenvalue weighted by molar-refractivity contribution is 7.97. The maximum absolute atomic E-state index is 4.27. The number of nitrogens with zero attached hydrogens (tertiary/aromatic N) is 1. The topological polar surface area (TPSA) is 12.9 Å². The third kappa shape index (κ3) is 2.47. The Balaban J connectivity index is 3.03. The Kier molecular flexibility index (Phi) is 3.79. The molecule has 0 aliphatic carbocycles. The minimum Gasteiger partial charge on any atom is -0.264 e. The summed E-state index contributed by atoms with van der Waals surface area (Å²) in [6.07, 6.45) is 6.10. The summed E-state index contributed by atoms with van der Waals surface area (Å²) in [6.45, 7) is 6.63. The fraction of sp³-hybridized carbons (Fsp3) is 0.545. The molecule has 1 rings (SSSR count). The summed E-state index contributed by atoms with van der Waals surface area (Å²) in [5.74, 6) is 1.65. The van der Waals surface area contributed by atoms with E-state index in [2.05, 4.69) is 32.0 Å². The number of pyridine rings is 1. The second-order valence-corrected chi connectivity index (χ2v) is 4.47. The van der Waals surface area contributed by atoms with Crippen molar-refractivity contribution in [1.82, 2.24) is 4.98 Å². The van der Waals surface area contributed by atoms with Crippen LogP contribution in [0.5, 0.6) is 0 Å². The third-order valence-corrected chi connectivity index (χ3v) is 2.88. The molecule has 0 radical (unpaired) electrons. The van der Waals surface area contributed by atoms with E-state index in [1.165, 1.54) is 16.7 Å². The molecule has 0 amide bonds. The molecule has 0 aliphatic rings. The van der Waals surface area contributed by atoms with Crippen LogP contribution in [0.3, 0.4) is 0 Å². The smallest absolute Gasteiger partial charge is 0.0311 e. The van der Waals surface area contributed by atoms with E-state index in [9.17, 15) is 0 Å². The lowest BCUT2D eigenvalue weighted by atomic mass is 9.98. The molecule has 0 spiro atoms. The molecule has 1 heterocycles. The van der Waals surface area contributed by atoms with Gasteiger partial charge in [0.15, 0.2) is 0 Å². The number of rotatable bonds is 3. The van der Waals surface area contributed by atoms with Crippen LogP contribution in [0.25, 0.3) is 0 Å². The number of hydrogen-bond donors (Lipinski definition) is 0. The first-order chi connectivity index (χ1) is 6.16. The Hall–Kier alpha value is -0.500. The van der Waals surface area contributed by atoms with Gasteiger partial charge in [-0.05, 0) is 35.8 Å². The van der Waals surface area contributed by atoms with Crippen LogP contribution in [0.15, 0.2) is 12.4 Å². The van der Waals surface area contributed by atoms with Crippen molar-refractivity contribution in [3.63, 3.8) is 0 Å². The zero-order valence-electron chi connectivity index (χ0n) is 8.79. The van der Waals surface area contributed by atoms with E-state index >= 15 is 0 Å². The van der Waals surface area contributed by atoms with Crippen LogP contribution in [-0.4, -0.2) is 11.2 Å². The van der Waals surface area contributed by atoms with E-state index in [1.54, 1.807) is 0 Å². The van der Waals surface area contributed by atoms with Crippen LogP contribution in [0.4, 0.5) is 0 Å². The van der Waals surface area contributed by atoms with Gasteiger partial charge in [-0.1, -0.05) is 13.8 Å². The third-order valence-electron chi connectivity index (χ3n) is 2.28. The van der Waals surface area contributed by atoms with E-state index in [-0.39, 0.29) is 0 Å². The lowest BCUT2D eigenvalue weighted by Gasteiger charge is -2.12. The van der Waals surface area contributed by atoms with Crippen LogP contribution in [0.1, 0.15) is 36.5 Å². The lowest BCUT2D eigenvalue weighted by molar-refractivity contribution is 0.843. The van der Waals surface area contributed by atoms with Crippen LogP contribution in [0, 0.1) is 6.92 Å². The lowest BCUT2D eigenvalue weighted by Crippen LogP contribution is -1.97. The molecule has 0 fully saturated rings. The summed E-state index contributed by atoms with van der Waals surface area (Å²) in [4.78, 5) is 4.27. The Morgan fingerprint density at radius 1 is 1.38 bits per heavy atom. The Morgan fingerprint density at radius 3 is 2.62 bits per heavy atom. The zero-order chi connectivity index (χ0) is 9.84. The van der Waals surface area contributed by atoms with Gasteiger partial charge in [0.1, 0.15) is 0 Å². The molecule has 0 atom stereocenters. The second kappa shape index (κ2) is 4.66. The molecular formula is C11H17NS. The van der Waals surface area contributed by atoms with Gasteiger partial charge in [-0.2, -0.15) is 11.8 Å². The highest BCUT2D eigenvalue weighted by atomic mass is 32.2. The van der Waals surface area contributed by atoms with Gasteiger partial charge in [-0.15, -0.1) is 0 Å². The van der Waals surface area contributed by atoms with Crippen molar-refractivity contribution >= 4 is 11.8 Å². The van der Waals surface area contributed by atoms with Gasteiger partial charge in [-0.3, -0.25) is 4.98 Å². The summed E-state index contributed by atoms with van der Waals surface area (Å²) in [7, 11) is 0. The average Bonchev–Trinajstić information content (AvgIpc) is 2.08. The number of aromatic nitrogens is 1. The minimum atomic E-state index is 0.578. The van der Waals surface area contributed by atoms with E-state index in [4.69, 9.17) is 0 Å². The zero-order valence-corrected chi connectivity index (χ0v) is 9.61. The Morgan fingerprint density at radius 2 is 2.08 bits per heavy atom. The van der Waals surface area contributed by atoms with Crippen LogP contribution >= 0.6 is 11.8 Å². The maximum atomic E-state index is 4.27. The largest absolute Gasteiger partial charge is 0.264 e. The van der Waals surface area contributed by atoms with Crippen LogP contribution < -0.4 is 0 Å². The van der Waals surface area contributed by atoms with Gasteiger partial charge in [0.25, 0.3) is 0 Å². The van der Waals surface area contributed by atoms with Gasteiger partial charge in [0, 0.05) is 18.1 Å². The molecule has 0 aromatic carbocycles. The van der Waals surface area contributed by atoms with Gasteiger partial charge in [0.05, 0.1) is 0 Å². The SMILES string of the molecule is CSCc1cncc(C(C)C)c1C. The van der Waals surface area contributed by atoms with Crippen molar-refractivity contribution in [3.05, 3.63) is 29.1 Å². The van der Waals surface area contributed by atoms with Gasteiger partial charge in [0.2, 0.25) is 0 Å². The maximum Gasteiger partial charge on any atom is 0.0311 e. The first kappa shape index (κ1) is 10.6. The molecule has 0 unspecified atom stereocenters. The molecule has 1 aromatic rings. The summed E-state index contributed by atoms with van der Waals surface area (Å²) in [6, 6.07) is 0. The predicted molar refractivity (Wildman–Crippen MR) is 60.3 cm³/mol. The highest BCUT2D eigenvalue weighted by Gasteiger charge is 2.06. The first-order valence-electron chi connectivity index (χ1n) is 4.59. The van der Waals surface area contributed by atoms with Gasteiger partial charge < -0.3 is 0 Å².